The fourth-order valence-electron chi connectivity index (χ4n) is 2.61. The molecule has 0 aliphatic heterocycles. The van der Waals surface area contributed by atoms with Crippen LogP contribution in [0.1, 0.15) is 5.69 Å². The Hall–Kier alpha value is -2.87. The van der Waals surface area contributed by atoms with Crippen molar-refractivity contribution < 1.29 is 18.3 Å². The smallest absolute Gasteiger partial charge is 0.435 e. The highest BCUT2D eigenvalue weighted by molar-refractivity contribution is 7.14. The number of fused-ring (bicyclic) bond motifs is 1. The predicted molar refractivity (Wildman–Crippen MR) is 88.4 cm³/mol. The van der Waals surface area contributed by atoms with Crippen LogP contribution in [0.3, 0.4) is 0 Å². The molecule has 126 valence electrons. The number of hydrogen-bond donors (Lipinski definition) is 1. The Labute approximate surface area is 143 Å². The molecule has 0 bridgehead atoms. The van der Waals surface area contributed by atoms with Gasteiger partial charge in [-0.15, -0.1) is 11.3 Å². The molecule has 0 aliphatic rings. The van der Waals surface area contributed by atoms with Crippen LogP contribution in [0.4, 0.5) is 13.2 Å². The van der Waals surface area contributed by atoms with E-state index in [1.54, 1.807) is 11.4 Å². The van der Waals surface area contributed by atoms with Crippen molar-refractivity contribution in [3.63, 3.8) is 0 Å². The topological polar surface area (TPSA) is 50.4 Å². The summed E-state index contributed by atoms with van der Waals surface area (Å²) < 4.78 is 41.2. The monoisotopic (exact) mass is 361 g/mol. The van der Waals surface area contributed by atoms with E-state index in [0.29, 0.717) is 4.88 Å². The van der Waals surface area contributed by atoms with Gasteiger partial charge in [0.25, 0.3) is 0 Å². The third-order valence-corrected chi connectivity index (χ3v) is 4.67. The summed E-state index contributed by atoms with van der Waals surface area (Å²) in [5, 5.41) is 15.1. The Morgan fingerprint density at radius 1 is 1.04 bits per heavy atom. The molecule has 0 spiro atoms. The summed E-state index contributed by atoms with van der Waals surface area (Å²) in [5.74, 6) is -0.401. The van der Waals surface area contributed by atoms with Gasteiger partial charge in [0.15, 0.2) is 11.3 Å². The lowest BCUT2D eigenvalue weighted by Gasteiger charge is -2.04. The molecule has 0 amide bonds. The van der Waals surface area contributed by atoms with Crippen molar-refractivity contribution >= 4 is 17.0 Å². The second kappa shape index (κ2) is 5.59. The molecule has 1 N–H and O–H groups in total. The summed E-state index contributed by atoms with van der Waals surface area (Å²) in [6, 6.07) is 12.2. The maximum Gasteiger partial charge on any atom is 0.435 e. The van der Waals surface area contributed by atoms with Crippen LogP contribution in [0.2, 0.25) is 0 Å². The van der Waals surface area contributed by atoms with Crippen molar-refractivity contribution in [2.24, 2.45) is 0 Å². The molecule has 0 radical (unpaired) electrons. The highest BCUT2D eigenvalue weighted by Crippen LogP contribution is 2.42. The van der Waals surface area contributed by atoms with E-state index in [0.717, 1.165) is 15.6 Å². The van der Waals surface area contributed by atoms with Crippen LogP contribution in [0, 0.1) is 0 Å². The molecular weight excluding hydrogens is 351 g/mol. The van der Waals surface area contributed by atoms with Crippen molar-refractivity contribution in [1.82, 2.24) is 14.6 Å². The van der Waals surface area contributed by atoms with Gasteiger partial charge in [-0.3, -0.25) is 0 Å². The number of rotatable bonds is 2. The second-order valence-corrected chi connectivity index (χ2v) is 6.24. The lowest BCUT2D eigenvalue weighted by atomic mass is 10.1. The first-order chi connectivity index (χ1) is 11.9. The SMILES string of the molecule is Oc1ccnc2c(-c3cc(-c4ccccc4)cs3)c(C(F)(F)F)nn12. The van der Waals surface area contributed by atoms with Crippen LogP contribution in [0.15, 0.2) is 54.0 Å². The van der Waals surface area contributed by atoms with E-state index in [1.807, 2.05) is 30.3 Å². The number of thiophene rings is 1. The Balaban J connectivity index is 1.95. The van der Waals surface area contributed by atoms with Crippen LogP contribution < -0.4 is 0 Å². The van der Waals surface area contributed by atoms with Gasteiger partial charge < -0.3 is 5.11 Å². The lowest BCUT2D eigenvalue weighted by molar-refractivity contribution is -0.140. The van der Waals surface area contributed by atoms with Gasteiger partial charge in [0.1, 0.15) is 0 Å². The molecule has 4 aromatic rings. The summed E-state index contributed by atoms with van der Waals surface area (Å²) in [7, 11) is 0. The van der Waals surface area contributed by atoms with E-state index < -0.39 is 17.8 Å². The molecule has 0 atom stereocenters. The Kier molecular flexibility index (Phi) is 3.50. The van der Waals surface area contributed by atoms with Crippen molar-refractivity contribution in [1.29, 1.82) is 0 Å². The molecular formula is C17H10F3N3OS. The normalized spacial score (nSPS) is 12.0. The predicted octanol–water partition coefficient (Wildman–Crippen LogP) is 4.85. The first-order valence-electron chi connectivity index (χ1n) is 7.23. The van der Waals surface area contributed by atoms with Gasteiger partial charge in [-0.2, -0.15) is 22.8 Å². The summed E-state index contributed by atoms with van der Waals surface area (Å²) in [6.45, 7) is 0. The second-order valence-electron chi connectivity index (χ2n) is 5.33. The van der Waals surface area contributed by atoms with Crippen LogP contribution in [-0.4, -0.2) is 19.7 Å². The third kappa shape index (κ3) is 2.64. The van der Waals surface area contributed by atoms with Crippen molar-refractivity contribution in [2.75, 3.05) is 0 Å². The average Bonchev–Trinajstić information content (AvgIpc) is 3.20. The quantitative estimate of drug-likeness (QED) is 0.555. The molecule has 4 rings (SSSR count). The molecule has 3 heterocycles. The summed E-state index contributed by atoms with van der Waals surface area (Å²) in [5.41, 5.74) is 0.492. The van der Waals surface area contributed by atoms with E-state index in [-0.39, 0.29) is 11.2 Å². The Morgan fingerprint density at radius 3 is 2.52 bits per heavy atom. The highest BCUT2D eigenvalue weighted by atomic mass is 32.1. The van der Waals surface area contributed by atoms with Crippen molar-refractivity contribution in [3.8, 4) is 27.4 Å². The number of hydrogen-bond acceptors (Lipinski definition) is 4. The van der Waals surface area contributed by atoms with Gasteiger partial charge in [0.2, 0.25) is 5.88 Å². The molecule has 1 aromatic carbocycles. The van der Waals surface area contributed by atoms with E-state index in [4.69, 9.17) is 0 Å². The largest absolute Gasteiger partial charge is 0.493 e. The first-order valence-corrected chi connectivity index (χ1v) is 8.11. The Morgan fingerprint density at radius 2 is 1.80 bits per heavy atom. The van der Waals surface area contributed by atoms with Gasteiger partial charge in [-0.05, 0) is 22.6 Å². The number of halogens is 3. The zero-order chi connectivity index (χ0) is 17.6. The highest BCUT2D eigenvalue weighted by Gasteiger charge is 2.39. The lowest BCUT2D eigenvalue weighted by Crippen LogP contribution is -2.07. The number of benzene rings is 1. The molecule has 0 saturated carbocycles. The zero-order valence-electron chi connectivity index (χ0n) is 12.5. The van der Waals surface area contributed by atoms with Crippen LogP contribution >= 0.6 is 11.3 Å². The zero-order valence-corrected chi connectivity index (χ0v) is 13.3. The third-order valence-electron chi connectivity index (χ3n) is 3.72. The van der Waals surface area contributed by atoms with E-state index >= 15 is 0 Å². The number of aromatic nitrogens is 3. The maximum atomic E-state index is 13.5. The minimum atomic E-state index is -4.66. The fourth-order valence-corrected chi connectivity index (χ4v) is 3.57. The molecule has 4 nitrogen and oxygen atoms in total. The maximum absolute atomic E-state index is 13.5. The van der Waals surface area contributed by atoms with E-state index in [9.17, 15) is 18.3 Å². The molecule has 3 aromatic heterocycles. The van der Waals surface area contributed by atoms with Gasteiger partial charge in [0.05, 0.1) is 5.56 Å². The average molecular weight is 361 g/mol. The molecule has 0 fully saturated rings. The molecule has 8 heteroatoms. The number of aromatic hydroxyl groups is 1. The standard InChI is InChI=1S/C17H10F3N3OS/c18-17(19,20)15-14(16-21-7-6-13(24)23(16)22-15)12-8-11(9-25-12)10-4-2-1-3-5-10/h1-9,24H. The summed E-state index contributed by atoms with van der Waals surface area (Å²) in [4.78, 5) is 4.37. The summed E-state index contributed by atoms with van der Waals surface area (Å²) in [6.07, 6.45) is -3.41. The molecule has 0 unspecified atom stereocenters. The number of alkyl halides is 3. The molecule has 25 heavy (non-hydrogen) atoms. The van der Waals surface area contributed by atoms with E-state index in [2.05, 4.69) is 10.1 Å². The van der Waals surface area contributed by atoms with Gasteiger partial charge >= 0.3 is 6.18 Å². The minimum Gasteiger partial charge on any atom is -0.493 e. The molecule has 0 aliphatic carbocycles. The Bertz CT molecular complexity index is 1050. The first kappa shape index (κ1) is 15.6. The molecule has 0 saturated heterocycles. The number of nitrogens with zero attached hydrogens (tertiary/aromatic N) is 3. The van der Waals surface area contributed by atoms with Gasteiger partial charge in [-0.1, -0.05) is 30.3 Å². The van der Waals surface area contributed by atoms with Crippen molar-refractivity contribution in [3.05, 3.63) is 59.7 Å². The fraction of sp³-hybridized carbons (Fsp3) is 0.0588. The summed E-state index contributed by atoms with van der Waals surface area (Å²) >= 11 is 1.18. The van der Waals surface area contributed by atoms with Crippen molar-refractivity contribution in [2.45, 2.75) is 6.18 Å². The van der Waals surface area contributed by atoms with E-state index in [1.165, 1.54) is 23.6 Å². The van der Waals surface area contributed by atoms with Gasteiger partial charge in [-0.25, -0.2) is 4.98 Å². The van der Waals surface area contributed by atoms with Gasteiger partial charge in [0, 0.05) is 17.1 Å². The van der Waals surface area contributed by atoms with Crippen LogP contribution in [0.25, 0.3) is 27.2 Å². The minimum absolute atomic E-state index is 0.0335. The van der Waals surface area contributed by atoms with Crippen LogP contribution in [0.5, 0.6) is 5.88 Å². The van der Waals surface area contributed by atoms with Crippen LogP contribution in [-0.2, 0) is 6.18 Å².